The molecule has 0 bridgehead atoms. The van der Waals surface area contributed by atoms with Gasteiger partial charge in [-0.1, -0.05) is 47.0 Å². The summed E-state index contributed by atoms with van der Waals surface area (Å²) in [5.41, 5.74) is 5.86. The Hall–Kier alpha value is -3.85. The maximum atomic E-state index is 12.9. The largest absolute Gasteiger partial charge is 0.489 e. The lowest BCUT2D eigenvalue weighted by atomic mass is 10.2. The Balaban J connectivity index is 1.31. The highest BCUT2D eigenvalue weighted by molar-refractivity contribution is 7.92. The van der Waals surface area contributed by atoms with Gasteiger partial charge in [0, 0.05) is 12.6 Å². The van der Waals surface area contributed by atoms with Gasteiger partial charge >= 0.3 is 0 Å². The number of hydrazone groups is 1. The lowest BCUT2D eigenvalue weighted by Gasteiger charge is -2.19. The fourth-order valence-corrected chi connectivity index (χ4v) is 5.02. The van der Waals surface area contributed by atoms with Gasteiger partial charge in [-0.3, -0.25) is 9.10 Å². The van der Waals surface area contributed by atoms with Crippen LogP contribution in [0.2, 0.25) is 10.0 Å². The molecule has 0 radical (unpaired) electrons. The summed E-state index contributed by atoms with van der Waals surface area (Å²) in [5.74, 6) is 0.236. The number of carbonyl (C=O) groups excluding carboxylic acids is 1. The van der Waals surface area contributed by atoms with E-state index >= 15 is 0 Å². The van der Waals surface area contributed by atoms with Crippen LogP contribution in [0.1, 0.15) is 27.0 Å². The molecule has 39 heavy (non-hydrogen) atoms. The number of nitrogens with one attached hydrogen (secondary N) is 1. The summed E-state index contributed by atoms with van der Waals surface area (Å²) in [4.78, 5) is 12.7. The number of sulfonamides is 1. The van der Waals surface area contributed by atoms with Crippen molar-refractivity contribution in [2.75, 3.05) is 11.4 Å². The van der Waals surface area contributed by atoms with E-state index in [1.807, 2.05) is 13.0 Å². The number of ether oxygens (including phenoxy) is 1. The van der Waals surface area contributed by atoms with E-state index in [0.29, 0.717) is 33.7 Å². The molecule has 0 aromatic heterocycles. The highest BCUT2D eigenvalue weighted by Gasteiger charge is 2.21. The first-order valence-electron chi connectivity index (χ1n) is 11.8. The Morgan fingerprint density at radius 3 is 2.23 bits per heavy atom. The highest BCUT2D eigenvalue weighted by Crippen LogP contribution is 2.24. The molecule has 4 aromatic rings. The number of aryl methyl sites for hydroxylation is 1. The topological polar surface area (TPSA) is 88.1 Å². The zero-order valence-electron chi connectivity index (χ0n) is 21.1. The van der Waals surface area contributed by atoms with E-state index in [4.69, 9.17) is 27.9 Å². The van der Waals surface area contributed by atoms with Crippen molar-refractivity contribution in [1.29, 1.82) is 0 Å². The number of hydrogen-bond acceptors (Lipinski definition) is 5. The molecule has 1 N–H and O–H groups in total. The summed E-state index contributed by atoms with van der Waals surface area (Å²) >= 11 is 12.0. The van der Waals surface area contributed by atoms with E-state index in [0.717, 1.165) is 16.7 Å². The molecule has 7 nitrogen and oxygen atoms in total. The average Bonchev–Trinajstić information content (AvgIpc) is 2.94. The molecular formula is C29H25Cl2N3O4S. The molecule has 1 amide bonds. The van der Waals surface area contributed by atoms with Crippen molar-refractivity contribution < 1.29 is 17.9 Å². The fraction of sp³-hybridized carbons (Fsp3) is 0.103. The molecule has 200 valence electrons. The number of halogens is 2. The first kappa shape index (κ1) is 28.2. The van der Waals surface area contributed by atoms with E-state index in [-0.39, 0.29) is 4.90 Å². The predicted molar refractivity (Wildman–Crippen MR) is 156 cm³/mol. The molecule has 0 atom stereocenters. The van der Waals surface area contributed by atoms with Crippen LogP contribution >= 0.6 is 23.2 Å². The molecule has 0 saturated carbocycles. The van der Waals surface area contributed by atoms with Crippen molar-refractivity contribution in [1.82, 2.24) is 5.43 Å². The van der Waals surface area contributed by atoms with Crippen molar-refractivity contribution in [3.63, 3.8) is 0 Å². The van der Waals surface area contributed by atoms with Gasteiger partial charge < -0.3 is 4.74 Å². The zero-order valence-corrected chi connectivity index (χ0v) is 23.5. The van der Waals surface area contributed by atoms with Crippen LogP contribution in [0.15, 0.2) is 101 Å². The second-order valence-corrected chi connectivity index (χ2v) is 11.4. The van der Waals surface area contributed by atoms with E-state index in [1.54, 1.807) is 84.9 Å². The van der Waals surface area contributed by atoms with Crippen LogP contribution in [0.25, 0.3) is 0 Å². The van der Waals surface area contributed by atoms with Gasteiger partial charge in [-0.15, -0.1) is 0 Å². The number of nitrogens with zero attached hydrogens (tertiary/aromatic N) is 2. The van der Waals surface area contributed by atoms with E-state index in [1.165, 1.54) is 17.6 Å². The van der Waals surface area contributed by atoms with E-state index in [2.05, 4.69) is 10.5 Å². The van der Waals surface area contributed by atoms with Crippen LogP contribution in [-0.4, -0.2) is 27.6 Å². The number of carbonyl (C=O) groups is 1. The predicted octanol–water partition coefficient (Wildman–Crippen LogP) is 6.47. The summed E-state index contributed by atoms with van der Waals surface area (Å²) in [7, 11) is -2.25. The molecule has 4 aromatic carbocycles. The maximum Gasteiger partial charge on any atom is 0.271 e. The van der Waals surface area contributed by atoms with Crippen molar-refractivity contribution in [3.8, 4) is 5.75 Å². The van der Waals surface area contributed by atoms with Crippen molar-refractivity contribution >= 4 is 51.0 Å². The number of rotatable bonds is 9. The summed E-state index contributed by atoms with van der Waals surface area (Å²) in [5, 5.41) is 4.97. The van der Waals surface area contributed by atoms with Gasteiger partial charge in [-0.2, -0.15) is 5.10 Å². The minimum atomic E-state index is -3.72. The molecule has 10 heteroatoms. The normalized spacial score (nSPS) is 11.4. The first-order chi connectivity index (χ1) is 18.6. The lowest BCUT2D eigenvalue weighted by molar-refractivity contribution is 0.0955. The maximum absolute atomic E-state index is 12.9. The molecule has 0 aliphatic rings. The van der Waals surface area contributed by atoms with Crippen molar-refractivity contribution in [2.45, 2.75) is 18.4 Å². The third-order valence-electron chi connectivity index (χ3n) is 5.82. The second-order valence-electron chi connectivity index (χ2n) is 8.64. The number of hydrogen-bond donors (Lipinski definition) is 1. The molecule has 0 fully saturated rings. The van der Waals surface area contributed by atoms with Crippen LogP contribution < -0.4 is 14.5 Å². The standard InChI is InChI=1S/C29H25Cl2N3O4S/c1-20-3-14-26(15-4-20)39(36,37)34(2)24-10-8-23(9-11-24)29(35)33-32-18-21-5-12-25(13-6-21)38-19-22-7-16-27(30)28(31)17-22/h3-18H,19H2,1-2H3,(H,33,35)/b32-18-. The Morgan fingerprint density at radius 2 is 1.59 bits per heavy atom. The van der Waals surface area contributed by atoms with Crippen LogP contribution in [0.4, 0.5) is 5.69 Å². The van der Waals surface area contributed by atoms with Crippen LogP contribution in [0.3, 0.4) is 0 Å². The Labute approximate surface area is 237 Å². The van der Waals surface area contributed by atoms with Crippen molar-refractivity contribution in [2.24, 2.45) is 5.10 Å². The fourth-order valence-electron chi connectivity index (χ4n) is 3.51. The average molecular weight is 583 g/mol. The molecule has 0 aliphatic carbocycles. The number of anilines is 1. The van der Waals surface area contributed by atoms with Gasteiger partial charge in [0.15, 0.2) is 0 Å². The second kappa shape index (κ2) is 12.3. The molecule has 0 aliphatic heterocycles. The molecule has 0 spiro atoms. The monoisotopic (exact) mass is 581 g/mol. The van der Waals surface area contributed by atoms with Gasteiger partial charge in [0.25, 0.3) is 15.9 Å². The van der Waals surface area contributed by atoms with Crippen LogP contribution in [0, 0.1) is 6.92 Å². The summed E-state index contributed by atoms with van der Waals surface area (Å²) in [6.07, 6.45) is 1.51. The Bertz CT molecular complexity index is 1590. The summed E-state index contributed by atoms with van der Waals surface area (Å²) in [6, 6.07) is 25.4. The molecule has 0 saturated heterocycles. The summed E-state index contributed by atoms with van der Waals surface area (Å²) in [6.45, 7) is 2.23. The molecular weight excluding hydrogens is 557 g/mol. The van der Waals surface area contributed by atoms with Crippen LogP contribution in [-0.2, 0) is 16.6 Å². The first-order valence-corrected chi connectivity index (χ1v) is 14.0. The smallest absolute Gasteiger partial charge is 0.271 e. The van der Waals surface area contributed by atoms with Gasteiger partial charge in [-0.25, -0.2) is 13.8 Å². The third kappa shape index (κ3) is 7.17. The van der Waals surface area contributed by atoms with Gasteiger partial charge in [0.2, 0.25) is 0 Å². The van der Waals surface area contributed by atoms with E-state index in [9.17, 15) is 13.2 Å². The Kier molecular flexibility index (Phi) is 8.91. The minimum Gasteiger partial charge on any atom is -0.489 e. The van der Waals surface area contributed by atoms with Gasteiger partial charge in [0.1, 0.15) is 12.4 Å². The van der Waals surface area contributed by atoms with Gasteiger partial charge in [0.05, 0.1) is 26.8 Å². The third-order valence-corrected chi connectivity index (χ3v) is 8.36. The number of amides is 1. The quantitative estimate of drug-likeness (QED) is 0.181. The SMILES string of the molecule is Cc1ccc(S(=O)(=O)N(C)c2ccc(C(=O)N/N=C\c3ccc(OCc4ccc(Cl)c(Cl)c4)cc3)cc2)cc1. The summed E-state index contributed by atoms with van der Waals surface area (Å²) < 4.78 is 32.7. The van der Waals surface area contributed by atoms with E-state index < -0.39 is 15.9 Å². The van der Waals surface area contributed by atoms with Crippen molar-refractivity contribution in [3.05, 3.63) is 123 Å². The minimum absolute atomic E-state index is 0.192. The molecule has 0 heterocycles. The highest BCUT2D eigenvalue weighted by atomic mass is 35.5. The number of benzene rings is 4. The molecule has 4 rings (SSSR count). The lowest BCUT2D eigenvalue weighted by Crippen LogP contribution is -2.26. The Morgan fingerprint density at radius 1 is 0.923 bits per heavy atom. The van der Waals surface area contributed by atoms with Gasteiger partial charge in [-0.05, 0) is 90.8 Å². The zero-order chi connectivity index (χ0) is 28.0. The molecule has 0 unspecified atom stereocenters. The van der Waals surface area contributed by atoms with Crippen LogP contribution in [0.5, 0.6) is 5.75 Å².